The van der Waals surface area contributed by atoms with Crippen molar-refractivity contribution in [3.8, 4) is 0 Å². The molecule has 0 spiro atoms. The van der Waals surface area contributed by atoms with E-state index in [4.69, 9.17) is 4.74 Å². The molecule has 0 saturated heterocycles. The van der Waals surface area contributed by atoms with Gasteiger partial charge in [0.25, 0.3) is 0 Å². The molecule has 0 aliphatic heterocycles. The van der Waals surface area contributed by atoms with E-state index in [1.165, 1.54) is 11.1 Å². The molecule has 2 saturated carbocycles. The van der Waals surface area contributed by atoms with Crippen molar-refractivity contribution in [1.29, 1.82) is 0 Å². The van der Waals surface area contributed by atoms with Crippen LogP contribution >= 0.6 is 0 Å². The first-order valence-corrected chi connectivity index (χ1v) is 9.17. The number of alkyl carbamates (subject to hydrolysis) is 1. The largest absolute Gasteiger partial charge is 0.449 e. The van der Waals surface area contributed by atoms with Gasteiger partial charge in [-0.15, -0.1) is 0 Å². The van der Waals surface area contributed by atoms with Crippen LogP contribution in [0, 0.1) is 35.5 Å². The Kier molecular flexibility index (Phi) is 3.77. The van der Waals surface area contributed by atoms with E-state index in [0.717, 1.165) is 32.1 Å². The second kappa shape index (κ2) is 5.71. The molecular formula is C19H25NO4. The number of amides is 1. The summed E-state index contributed by atoms with van der Waals surface area (Å²) in [6.07, 6.45) is 4.49. The van der Waals surface area contributed by atoms with Gasteiger partial charge in [0.1, 0.15) is 0 Å². The zero-order chi connectivity index (χ0) is 17.0. The first kappa shape index (κ1) is 15.9. The Hall–Kier alpha value is -1.65. The van der Waals surface area contributed by atoms with Crippen molar-refractivity contribution in [3.63, 3.8) is 0 Å². The van der Waals surface area contributed by atoms with Crippen LogP contribution in [0.25, 0.3) is 0 Å². The summed E-state index contributed by atoms with van der Waals surface area (Å²) in [4.78, 5) is 35.9. The lowest BCUT2D eigenvalue weighted by molar-refractivity contribution is -0.145. The third-order valence-electron chi connectivity index (χ3n) is 6.84. The minimum absolute atomic E-state index is 0.134. The van der Waals surface area contributed by atoms with Gasteiger partial charge in [-0.1, -0.05) is 18.1 Å². The standard InChI is InChI=1S/C19H25NO4/c1-9-7-14-12-4-3-10-11(15(10)8-24-19(23)20-2)5-6-13(12)16(9)18(22)17(14)21/h9-11,14-16H,3-8H2,1-2H3,(H,20,23). The minimum atomic E-state index is -0.366. The molecule has 5 nitrogen and oxygen atoms in total. The minimum Gasteiger partial charge on any atom is -0.449 e. The number of hydrogen-bond acceptors (Lipinski definition) is 4. The van der Waals surface area contributed by atoms with E-state index in [1.54, 1.807) is 7.05 Å². The van der Waals surface area contributed by atoms with E-state index < -0.39 is 0 Å². The van der Waals surface area contributed by atoms with Crippen molar-refractivity contribution in [3.05, 3.63) is 11.1 Å². The molecule has 0 radical (unpaired) electrons. The molecule has 5 aliphatic rings. The Morgan fingerprint density at radius 2 is 1.79 bits per heavy atom. The molecule has 0 heterocycles. The molecule has 130 valence electrons. The number of nitrogens with one attached hydrogen (secondary N) is 1. The predicted molar refractivity (Wildman–Crippen MR) is 87.1 cm³/mol. The summed E-state index contributed by atoms with van der Waals surface area (Å²) < 4.78 is 5.24. The number of ketones is 2. The van der Waals surface area contributed by atoms with Crippen molar-refractivity contribution in [2.75, 3.05) is 13.7 Å². The Morgan fingerprint density at radius 3 is 2.46 bits per heavy atom. The van der Waals surface area contributed by atoms with Crippen LogP contribution in [0.15, 0.2) is 11.1 Å². The van der Waals surface area contributed by atoms with Gasteiger partial charge in [0.15, 0.2) is 0 Å². The Labute approximate surface area is 142 Å². The maximum Gasteiger partial charge on any atom is 0.406 e. The normalized spacial score (nSPS) is 40.4. The molecule has 0 aromatic rings. The van der Waals surface area contributed by atoms with E-state index in [1.807, 2.05) is 0 Å². The van der Waals surface area contributed by atoms with Gasteiger partial charge in [-0.2, -0.15) is 0 Å². The highest BCUT2D eigenvalue weighted by atomic mass is 16.5. The molecule has 2 bridgehead atoms. The summed E-state index contributed by atoms with van der Waals surface area (Å²) in [5.74, 6) is 1.41. The van der Waals surface area contributed by atoms with Gasteiger partial charge in [-0.05, 0) is 55.8 Å². The van der Waals surface area contributed by atoms with Gasteiger partial charge in [0, 0.05) is 18.9 Å². The number of allylic oxidation sites excluding steroid dienone is 2. The predicted octanol–water partition coefficient (Wildman–Crippen LogP) is 2.50. The van der Waals surface area contributed by atoms with Crippen LogP contribution in [0.3, 0.4) is 0 Å². The van der Waals surface area contributed by atoms with Crippen molar-refractivity contribution in [2.24, 2.45) is 35.5 Å². The van der Waals surface area contributed by atoms with Crippen LogP contribution in [-0.4, -0.2) is 31.3 Å². The second-order valence-corrected chi connectivity index (χ2v) is 7.94. The zero-order valence-electron chi connectivity index (χ0n) is 14.3. The summed E-state index contributed by atoms with van der Waals surface area (Å²) in [6.45, 7) is 2.60. The molecule has 6 atom stereocenters. The summed E-state index contributed by atoms with van der Waals surface area (Å²) in [5, 5.41) is 2.48. The van der Waals surface area contributed by atoms with E-state index >= 15 is 0 Å². The summed E-state index contributed by atoms with van der Waals surface area (Å²) >= 11 is 0. The molecule has 6 unspecified atom stereocenters. The molecule has 1 N–H and O–H groups in total. The fourth-order valence-electron chi connectivity index (χ4n) is 5.59. The molecule has 5 aliphatic carbocycles. The van der Waals surface area contributed by atoms with Crippen molar-refractivity contribution in [1.82, 2.24) is 5.32 Å². The molecule has 0 aromatic heterocycles. The highest BCUT2D eigenvalue weighted by Gasteiger charge is 2.54. The Morgan fingerprint density at radius 1 is 1.12 bits per heavy atom. The average Bonchev–Trinajstić information content (AvgIpc) is 3.21. The summed E-state index contributed by atoms with van der Waals surface area (Å²) in [7, 11) is 1.57. The summed E-state index contributed by atoms with van der Waals surface area (Å²) in [5.41, 5.74) is 2.58. The van der Waals surface area contributed by atoms with E-state index in [9.17, 15) is 14.4 Å². The molecule has 5 heteroatoms. The third kappa shape index (κ3) is 2.32. The maximum atomic E-state index is 12.4. The van der Waals surface area contributed by atoms with Gasteiger partial charge >= 0.3 is 6.09 Å². The SMILES string of the molecule is CNC(=O)OCC1C2CCC3=C(CCC21)C1C(=O)C(=O)C3CC1C. The number of rotatable bonds is 2. The Balaban J connectivity index is 1.48. The van der Waals surface area contributed by atoms with Crippen LogP contribution in [0.1, 0.15) is 39.0 Å². The lowest BCUT2D eigenvalue weighted by Gasteiger charge is -2.43. The van der Waals surface area contributed by atoms with Gasteiger partial charge in [-0.25, -0.2) is 4.79 Å². The fourth-order valence-corrected chi connectivity index (χ4v) is 5.59. The van der Waals surface area contributed by atoms with Gasteiger partial charge in [-0.3, -0.25) is 9.59 Å². The van der Waals surface area contributed by atoms with Crippen molar-refractivity contribution in [2.45, 2.75) is 39.0 Å². The number of carbonyl (C=O) groups is 3. The van der Waals surface area contributed by atoms with Crippen LogP contribution < -0.4 is 5.32 Å². The molecule has 1 amide bonds. The zero-order valence-corrected chi connectivity index (χ0v) is 14.3. The molecule has 0 aromatic carbocycles. The Bertz CT molecular complexity index is 637. The topological polar surface area (TPSA) is 72.5 Å². The molecule has 24 heavy (non-hydrogen) atoms. The molecular weight excluding hydrogens is 306 g/mol. The average molecular weight is 331 g/mol. The first-order valence-electron chi connectivity index (χ1n) is 9.17. The quantitative estimate of drug-likeness (QED) is 0.623. The van der Waals surface area contributed by atoms with Crippen molar-refractivity contribution < 1.29 is 19.1 Å². The molecule has 2 fully saturated rings. The van der Waals surface area contributed by atoms with E-state index in [0.29, 0.717) is 30.3 Å². The second-order valence-electron chi connectivity index (χ2n) is 7.94. The van der Waals surface area contributed by atoms with Crippen LogP contribution in [-0.2, 0) is 14.3 Å². The number of Topliss-reactive ketones (excluding diaryl/α,β-unsaturated/α-hetero) is 2. The van der Waals surface area contributed by atoms with Crippen LogP contribution in [0.5, 0.6) is 0 Å². The van der Waals surface area contributed by atoms with Crippen LogP contribution in [0.2, 0.25) is 0 Å². The van der Waals surface area contributed by atoms with Gasteiger partial charge in [0.2, 0.25) is 11.6 Å². The molecule has 5 rings (SSSR count). The van der Waals surface area contributed by atoms with Crippen LogP contribution in [0.4, 0.5) is 4.79 Å². The van der Waals surface area contributed by atoms with Gasteiger partial charge in [0.05, 0.1) is 6.61 Å². The monoisotopic (exact) mass is 331 g/mol. The van der Waals surface area contributed by atoms with Crippen molar-refractivity contribution >= 4 is 17.7 Å². The number of carbonyl (C=O) groups excluding carboxylic acids is 3. The smallest absolute Gasteiger partial charge is 0.406 e. The fraction of sp³-hybridized carbons (Fsp3) is 0.737. The summed E-state index contributed by atoms with van der Waals surface area (Å²) in [6, 6.07) is 0. The third-order valence-corrected chi connectivity index (χ3v) is 6.84. The number of fused-ring (bicyclic) bond motifs is 3. The lowest BCUT2D eigenvalue weighted by atomic mass is 9.59. The first-order chi connectivity index (χ1) is 11.5. The van der Waals surface area contributed by atoms with E-state index in [2.05, 4.69) is 12.2 Å². The maximum absolute atomic E-state index is 12.4. The highest BCUT2D eigenvalue weighted by molar-refractivity contribution is 6.41. The van der Waals surface area contributed by atoms with E-state index in [-0.39, 0.29) is 29.5 Å². The number of hydrogen-bond donors (Lipinski definition) is 1. The van der Waals surface area contributed by atoms with Gasteiger partial charge < -0.3 is 10.1 Å². The highest BCUT2D eigenvalue weighted by Crippen LogP contribution is 2.57. The lowest BCUT2D eigenvalue weighted by Crippen LogP contribution is -2.47. The number of ether oxygens (including phenoxy) is 1.